The molecule has 0 amide bonds. The van der Waals surface area contributed by atoms with Gasteiger partial charge in [0.25, 0.3) is 0 Å². The molecule has 0 saturated carbocycles. The molecule has 0 aliphatic rings. The highest BCUT2D eigenvalue weighted by atomic mass is 79.9. The molecule has 0 unspecified atom stereocenters. The van der Waals surface area contributed by atoms with Gasteiger partial charge in [0, 0.05) is 11.3 Å². The predicted octanol–water partition coefficient (Wildman–Crippen LogP) is 0.220. The number of hydrogen-bond donors (Lipinski definition) is 1. The first-order valence-corrected chi connectivity index (χ1v) is 3.17. The second kappa shape index (κ2) is 2.39. The zero-order valence-electron chi connectivity index (χ0n) is 4.63. The highest BCUT2D eigenvalue weighted by molar-refractivity contribution is 9.10. The maximum atomic E-state index is 5.38. The highest BCUT2D eigenvalue weighted by Gasteiger charge is 1.92. The molecule has 9 heavy (non-hydrogen) atoms. The molecule has 1 aromatic heterocycles. The number of rotatable bonds is 0. The lowest BCUT2D eigenvalue weighted by atomic mass is 10.0. The number of hydrogen-bond acceptors (Lipinski definition) is 2. The van der Waals surface area contributed by atoms with Crippen molar-refractivity contribution < 1.29 is 0 Å². The van der Waals surface area contributed by atoms with Crippen molar-refractivity contribution in [1.82, 2.24) is 4.98 Å². The summed E-state index contributed by atoms with van der Waals surface area (Å²) in [7, 11) is 5.35. The zero-order valence-corrected chi connectivity index (χ0v) is 6.22. The molecular weight excluding hydrogens is 179 g/mol. The molecule has 0 saturated heterocycles. The Morgan fingerprint density at radius 2 is 2.22 bits per heavy atom. The average Bonchev–Trinajstić information content (AvgIpc) is 1.80. The molecule has 4 heteroatoms. The Labute approximate surface area is 63.0 Å². The molecule has 0 atom stereocenters. The SMILES string of the molecule is [B]c1nc(Br)ccc1N. The van der Waals surface area contributed by atoms with Gasteiger partial charge in [-0.3, -0.25) is 4.98 Å². The molecule has 0 fully saturated rings. The molecule has 0 bridgehead atoms. The van der Waals surface area contributed by atoms with Gasteiger partial charge in [-0.15, -0.1) is 0 Å². The first-order chi connectivity index (χ1) is 4.20. The van der Waals surface area contributed by atoms with Crippen molar-refractivity contribution in [3.05, 3.63) is 16.7 Å². The number of nitrogens with two attached hydrogens (primary N) is 1. The minimum absolute atomic E-state index is 0.365. The molecule has 1 aromatic rings. The van der Waals surface area contributed by atoms with Crippen LogP contribution in [0.5, 0.6) is 0 Å². The van der Waals surface area contributed by atoms with Crippen LogP contribution in [0.15, 0.2) is 16.7 Å². The van der Waals surface area contributed by atoms with Crippen LogP contribution >= 0.6 is 15.9 Å². The molecule has 2 N–H and O–H groups in total. The van der Waals surface area contributed by atoms with Gasteiger partial charge in [0.05, 0.1) is 0 Å². The van der Waals surface area contributed by atoms with Gasteiger partial charge in [-0.05, 0) is 28.1 Å². The van der Waals surface area contributed by atoms with Crippen molar-refractivity contribution in [3.63, 3.8) is 0 Å². The van der Waals surface area contributed by atoms with E-state index in [-0.39, 0.29) is 0 Å². The quantitative estimate of drug-likeness (QED) is 0.461. The van der Waals surface area contributed by atoms with Crippen molar-refractivity contribution in [3.8, 4) is 0 Å². The van der Waals surface area contributed by atoms with Crippen LogP contribution in [-0.2, 0) is 0 Å². The lowest BCUT2D eigenvalue weighted by molar-refractivity contribution is 1.33. The Bertz CT molecular complexity index is 226. The topological polar surface area (TPSA) is 38.9 Å². The van der Waals surface area contributed by atoms with E-state index in [4.69, 9.17) is 13.6 Å². The average molecular weight is 183 g/mol. The fourth-order valence-electron chi connectivity index (χ4n) is 0.461. The molecular formula is C5H4BBrN2. The summed E-state index contributed by atoms with van der Waals surface area (Å²) < 4.78 is 0.703. The summed E-state index contributed by atoms with van der Waals surface area (Å²) in [6.45, 7) is 0. The number of aromatic nitrogens is 1. The summed E-state index contributed by atoms with van der Waals surface area (Å²) in [5.41, 5.74) is 6.26. The van der Waals surface area contributed by atoms with E-state index in [1.165, 1.54) is 0 Å². The van der Waals surface area contributed by atoms with Crippen molar-refractivity contribution in [2.24, 2.45) is 0 Å². The number of nitrogen functional groups attached to an aromatic ring is 1. The normalized spacial score (nSPS) is 9.44. The van der Waals surface area contributed by atoms with Gasteiger partial charge in [0.15, 0.2) is 0 Å². The fraction of sp³-hybridized carbons (Fsp3) is 0. The molecule has 1 heterocycles. The van der Waals surface area contributed by atoms with Gasteiger partial charge >= 0.3 is 0 Å². The second-order valence-corrected chi connectivity index (χ2v) is 2.42. The van der Waals surface area contributed by atoms with Crippen molar-refractivity contribution in [2.45, 2.75) is 0 Å². The maximum Gasteiger partial charge on any atom is 0.144 e. The van der Waals surface area contributed by atoms with Crippen LogP contribution in [0, 0.1) is 0 Å². The van der Waals surface area contributed by atoms with E-state index in [1.807, 2.05) is 0 Å². The van der Waals surface area contributed by atoms with Crippen molar-refractivity contribution in [1.29, 1.82) is 0 Å². The number of pyridine rings is 1. The molecule has 2 nitrogen and oxygen atoms in total. The number of anilines is 1. The highest BCUT2D eigenvalue weighted by Crippen LogP contribution is 2.03. The van der Waals surface area contributed by atoms with Crippen LogP contribution in [0.25, 0.3) is 0 Å². The molecule has 0 spiro atoms. The van der Waals surface area contributed by atoms with Crippen LogP contribution < -0.4 is 11.3 Å². The van der Waals surface area contributed by atoms with Gasteiger partial charge in [0.2, 0.25) is 0 Å². The smallest absolute Gasteiger partial charge is 0.144 e. The van der Waals surface area contributed by atoms with E-state index < -0.39 is 0 Å². The van der Waals surface area contributed by atoms with Crippen LogP contribution in [0.4, 0.5) is 5.69 Å². The molecule has 0 aliphatic carbocycles. The monoisotopic (exact) mass is 182 g/mol. The molecule has 0 aliphatic heterocycles. The van der Waals surface area contributed by atoms with Crippen LogP contribution in [-0.4, -0.2) is 12.8 Å². The third-order valence-electron chi connectivity index (χ3n) is 0.923. The van der Waals surface area contributed by atoms with E-state index in [0.29, 0.717) is 15.9 Å². The predicted molar refractivity (Wildman–Crippen MR) is 41.7 cm³/mol. The second-order valence-electron chi connectivity index (χ2n) is 1.61. The third-order valence-corrected chi connectivity index (χ3v) is 1.37. The number of halogens is 1. The van der Waals surface area contributed by atoms with Crippen LogP contribution in [0.1, 0.15) is 0 Å². The molecule has 1 rings (SSSR count). The summed E-state index contributed by atoms with van der Waals surface area (Å²) in [5.74, 6) is 0. The molecule has 0 aromatic carbocycles. The lowest BCUT2D eigenvalue weighted by Crippen LogP contribution is -2.13. The van der Waals surface area contributed by atoms with Crippen LogP contribution in [0.3, 0.4) is 0 Å². The van der Waals surface area contributed by atoms with Gasteiger partial charge in [-0.2, -0.15) is 0 Å². The minimum Gasteiger partial charge on any atom is -0.398 e. The summed E-state index contributed by atoms with van der Waals surface area (Å²) in [6.07, 6.45) is 0. The Morgan fingerprint density at radius 3 is 2.67 bits per heavy atom. The standard InChI is InChI=1S/C5H4BBrN2/c6-5-3(8)1-2-4(7)9-5/h1-2H,8H2. The lowest BCUT2D eigenvalue weighted by Gasteiger charge is -1.96. The summed E-state index contributed by atoms with van der Waals surface area (Å²) >= 11 is 3.15. The van der Waals surface area contributed by atoms with Gasteiger partial charge in [-0.1, -0.05) is 0 Å². The molecule has 2 radical (unpaired) electrons. The Balaban J connectivity index is 3.17. The van der Waals surface area contributed by atoms with Gasteiger partial charge < -0.3 is 5.73 Å². The Hall–Kier alpha value is -0.505. The first-order valence-electron chi connectivity index (χ1n) is 2.37. The number of nitrogens with zero attached hydrogens (tertiary/aromatic N) is 1. The zero-order chi connectivity index (χ0) is 6.85. The van der Waals surface area contributed by atoms with E-state index in [9.17, 15) is 0 Å². The van der Waals surface area contributed by atoms with Crippen molar-refractivity contribution in [2.75, 3.05) is 5.73 Å². The maximum absolute atomic E-state index is 5.38. The third kappa shape index (κ3) is 1.45. The summed E-state index contributed by atoms with van der Waals surface area (Å²) in [4.78, 5) is 3.84. The summed E-state index contributed by atoms with van der Waals surface area (Å²) in [5, 5.41) is 0. The van der Waals surface area contributed by atoms with Crippen molar-refractivity contribution >= 4 is 35.1 Å². The summed E-state index contributed by atoms with van der Waals surface area (Å²) in [6, 6.07) is 3.44. The van der Waals surface area contributed by atoms with Gasteiger partial charge in [-0.25, -0.2) is 0 Å². The molecule has 44 valence electrons. The van der Waals surface area contributed by atoms with E-state index in [2.05, 4.69) is 20.9 Å². The fourth-order valence-corrected chi connectivity index (χ4v) is 0.784. The van der Waals surface area contributed by atoms with Gasteiger partial charge in [0.1, 0.15) is 12.4 Å². The first kappa shape index (κ1) is 6.61. The largest absolute Gasteiger partial charge is 0.398 e. The van der Waals surface area contributed by atoms with Crippen LogP contribution in [0.2, 0.25) is 0 Å². The Morgan fingerprint density at radius 1 is 1.56 bits per heavy atom. The van der Waals surface area contributed by atoms with E-state index >= 15 is 0 Å². The van der Waals surface area contributed by atoms with E-state index in [1.54, 1.807) is 12.1 Å². The van der Waals surface area contributed by atoms with E-state index in [0.717, 1.165) is 0 Å². The minimum atomic E-state index is 0.365. The Kier molecular flexibility index (Phi) is 1.76.